The summed E-state index contributed by atoms with van der Waals surface area (Å²) in [5, 5.41) is 14.4. The Morgan fingerprint density at radius 2 is 2.00 bits per heavy atom. The van der Waals surface area contributed by atoms with Gasteiger partial charge in [0.2, 0.25) is 15.9 Å². The standard InChI is InChI=1S/C13H15BrN2O5S/c14-10-3-1-9(2-4-10)12(13(18)19)16-6-8(5-11(16)17)7-22(15,20)21/h1-4,8,12H,5-7H2,(H,18,19)(H2,15,20,21). The molecule has 7 nitrogen and oxygen atoms in total. The number of aliphatic carboxylic acids is 1. The van der Waals surface area contributed by atoms with Gasteiger partial charge in [-0.15, -0.1) is 0 Å². The zero-order valence-corrected chi connectivity index (χ0v) is 13.9. The molecule has 1 fully saturated rings. The number of amides is 1. The number of nitrogens with two attached hydrogens (primary N) is 1. The molecule has 2 atom stereocenters. The van der Waals surface area contributed by atoms with E-state index in [-0.39, 0.29) is 24.6 Å². The number of carbonyl (C=O) groups excluding carboxylic acids is 1. The van der Waals surface area contributed by atoms with E-state index in [2.05, 4.69) is 15.9 Å². The van der Waals surface area contributed by atoms with Crippen LogP contribution in [0.25, 0.3) is 0 Å². The molecule has 0 bridgehead atoms. The van der Waals surface area contributed by atoms with Gasteiger partial charge in [-0.1, -0.05) is 28.1 Å². The van der Waals surface area contributed by atoms with E-state index >= 15 is 0 Å². The second-order valence-corrected chi connectivity index (χ2v) is 7.81. The monoisotopic (exact) mass is 390 g/mol. The molecule has 3 N–H and O–H groups in total. The Morgan fingerprint density at radius 3 is 2.50 bits per heavy atom. The van der Waals surface area contributed by atoms with Gasteiger partial charge in [-0.25, -0.2) is 18.4 Å². The summed E-state index contributed by atoms with van der Waals surface area (Å²) in [6.45, 7) is 0.0578. The van der Waals surface area contributed by atoms with Crippen LogP contribution in [0.5, 0.6) is 0 Å². The lowest BCUT2D eigenvalue weighted by Crippen LogP contribution is -2.36. The molecule has 1 amide bonds. The van der Waals surface area contributed by atoms with Crippen molar-refractivity contribution in [3.05, 3.63) is 34.3 Å². The topological polar surface area (TPSA) is 118 Å². The molecule has 1 aromatic rings. The minimum absolute atomic E-state index is 0.0171. The number of carboxylic acids is 1. The van der Waals surface area contributed by atoms with Gasteiger partial charge in [-0.3, -0.25) is 4.79 Å². The quantitative estimate of drug-likeness (QED) is 0.767. The Hall–Kier alpha value is -1.45. The summed E-state index contributed by atoms with van der Waals surface area (Å²) in [7, 11) is -3.70. The van der Waals surface area contributed by atoms with Crippen molar-refractivity contribution in [3.8, 4) is 0 Å². The first-order valence-electron chi connectivity index (χ1n) is 6.45. The van der Waals surface area contributed by atoms with Crippen molar-refractivity contribution >= 4 is 37.8 Å². The fraction of sp³-hybridized carbons (Fsp3) is 0.385. The van der Waals surface area contributed by atoms with Gasteiger partial charge in [-0.05, 0) is 17.7 Å². The van der Waals surface area contributed by atoms with Crippen LogP contribution in [-0.4, -0.2) is 42.6 Å². The third-order valence-electron chi connectivity index (χ3n) is 3.44. The van der Waals surface area contributed by atoms with Gasteiger partial charge >= 0.3 is 5.97 Å². The lowest BCUT2D eigenvalue weighted by Gasteiger charge is -2.25. The van der Waals surface area contributed by atoms with E-state index in [0.717, 1.165) is 4.47 Å². The molecule has 1 aliphatic heterocycles. The average Bonchev–Trinajstić information content (AvgIpc) is 2.70. The van der Waals surface area contributed by atoms with E-state index in [0.29, 0.717) is 5.56 Å². The Bertz CT molecular complexity index is 689. The van der Waals surface area contributed by atoms with Crippen molar-refractivity contribution in [2.24, 2.45) is 11.1 Å². The summed E-state index contributed by atoms with van der Waals surface area (Å²) in [4.78, 5) is 24.8. The third kappa shape index (κ3) is 4.05. The zero-order valence-electron chi connectivity index (χ0n) is 11.5. The number of benzene rings is 1. The number of sulfonamides is 1. The maximum Gasteiger partial charge on any atom is 0.331 e. The van der Waals surface area contributed by atoms with Gasteiger partial charge in [-0.2, -0.15) is 0 Å². The molecule has 0 aliphatic carbocycles. The van der Waals surface area contributed by atoms with E-state index in [1.807, 2.05) is 0 Å². The van der Waals surface area contributed by atoms with Gasteiger partial charge < -0.3 is 10.0 Å². The predicted octanol–water partition coefficient (Wildman–Crippen LogP) is 0.712. The SMILES string of the molecule is NS(=O)(=O)CC1CC(=O)N(C(C(=O)O)c2ccc(Br)cc2)C1. The maximum atomic E-state index is 12.1. The first-order valence-corrected chi connectivity index (χ1v) is 8.96. The molecular formula is C13H15BrN2O5S. The summed E-state index contributed by atoms with van der Waals surface area (Å²) in [5.74, 6) is -2.36. The number of carbonyl (C=O) groups is 2. The van der Waals surface area contributed by atoms with Crippen LogP contribution < -0.4 is 5.14 Å². The molecule has 0 radical (unpaired) electrons. The summed E-state index contributed by atoms with van der Waals surface area (Å²) in [6, 6.07) is 5.47. The molecule has 1 aliphatic rings. The minimum atomic E-state index is -3.70. The highest BCUT2D eigenvalue weighted by molar-refractivity contribution is 9.10. The van der Waals surface area contributed by atoms with Crippen molar-refractivity contribution in [2.75, 3.05) is 12.3 Å². The van der Waals surface area contributed by atoms with Crippen molar-refractivity contribution in [3.63, 3.8) is 0 Å². The van der Waals surface area contributed by atoms with E-state index in [1.165, 1.54) is 4.90 Å². The van der Waals surface area contributed by atoms with Crippen LogP contribution in [0.2, 0.25) is 0 Å². The Labute approximate surface area is 136 Å². The molecule has 0 spiro atoms. The second-order valence-electron chi connectivity index (χ2n) is 5.24. The molecule has 120 valence electrons. The van der Waals surface area contributed by atoms with E-state index in [9.17, 15) is 23.1 Å². The van der Waals surface area contributed by atoms with Crippen LogP contribution in [0.1, 0.15) is 18.0 Å². The van der Waals surface area contributed by atoms with Gasteiger partial charge in [0.25, 0.3) is 0 Å². The molecule has 1 aromatic carbocycles. The first-order chi connectivity index (χ1) is 10.2. The van der Waals surface area contributed by atoms with E-state index in [1.54, 1.807) is 24.3 Å². The fourth-order valence-electron chi connectivity index (χ4n) is 2.60. The number of carboxylic acid groups (broad SMARTS) is 1. The highest BCUT2D eigenvalue weighted by atomic mass is 79.9. The number of nitrogens with zero attached hydrogens (tertiary/aromatic N) is 1. The highest BCUT2D eigenvalue weighted by Crippen LogP contribution is 2.30. The largest absolute Gasteiger partial charge is 0.479 e. The summed E-state index contributed by atoms with van der Waals surface area (Å²) >= 11 is 3.26. The molecule has 2 unspecified atom stereocenters. The highest BCUT2D eigenvalue weighted by Gasteiger charge is 2.39. The maximum absolute atomic E-state index is 12.1. The van der Waals surface area contributed by atoms with Crippen LogP contribution in [0.3, 0.4) is 0 Å². The number of likely N-dealkylation sites (tertiary alicyclic amines) is 1. The molecule has 0 aromatic heterocycles. The van der Waals surface area contributed by atoms with Crippen LogP contribution in [0, 0.1) is 5.92 Å². The Morgan fingerprint density at radius 1 is 1.41 bits per heavy atom. The predicted molar refractivity (Wildman–Crippen MR) is 82.3 cm³/mol. The number of hydrogen-bond donors (Lipinski definition) is 2. The van der Waals surface area contributed by atoms with E-state index < -0.39 is 28.0 Å². The van der Waals surface area contributed by atoms with Crippen LogP contribution >= 0.6 is 15.9 Å². The normalized spacial score (nSPS) is 20.2. The minimum Gasteiger partial charge on any atom is -0.479 e. The van der Waals surface area contributed by atoms with Gasteiger partial charge in [0.05, 0.1) is 5.75 Å². The average molecular weight is 391 g/mol. The van der Waals surface area contributed by atoms with Crippen molar-refractivity contribution < 1.29 is 23.1 Å². The summed E-state index contributed by atoms with van der Waals surface area (Å²) in [5.41, 5.74) is 0.459. The third-order valence-corrected chi connectivity index (χ3v) is 4.90. The van der Waals surface area contributed by atoms with Gasteiger partial charge in [0.1, 0.15) is 0 Å². The van der Waals surface area contributed by atoms with Crippen molar-refractivity contribution in [1.29, 1.82) is 0 Å². The van der Waals surface area contributed by atoms with Gasteiger partial charge in [0, 0.05) is 23.4 Å². The first kappa shape index (κ1) is 16.9. The van der Waals surface area contributed by atoms with Crippen molar-refractivity contribution in [1.82, 2.24) is 4.90 Å². The Balaban J connectivity index is 2.24. The number of halogens is 1. The molecular weight excluding hydrogens is 376 g/mol. The molecule has 1 saturated heterocycles. The van der Waals surface area contributed by atoms with Crippen molar-refractivity contribution in [2.45, 2.75) is 12.5 Å². The van der Waals surface area contributed by atoms with E-state index in [4.69, 9.17) is 5.14 Å². The summed E-state index contributed by atoms with van der Waals surface area (Å²) < 4.78 is 23.1. The number of rotatable bonds is 5. The van der Waals surface area contributed by atoms with Gasteiger partial charge in [0.15, 0.2) is 6.04 Å². The smallest absolute Gasteiger partial charge is 0.331 e. The molecule has 9 heteroatoms. The number of primary sulfonamides is 1. The molecule has 0 saturated carbocycles. The molecule has 2 rings (SSSR count). The van der Waals surface area contributed by atoms with Crippen LogP contribution in [-0.2, 0) is 19.6 Å². The van der Waals surface area contributed by atoms with Crippen LogP contribution in [0.15, 0.2) is 28.7 Å². The lowest BCUT2D eigenvalue weighted by molar-refractivity contribution is -0.148. The number of hydrogen-bond acceptors (Lipinski definition) is 4. The Kier molecular flexibility index (Phi) is 4.88. The van der Waals surface area contributed by atoms with Crippen LogP contribution in [0.4, 0.5) is 0 Å². The molecule has 1 heterocycles. The second kappa shape index (κ2) is 6.35. The fourth-order valence-corrected chi connectivity index (χ4v) is 3.74. The zero-order chi connectivity index (χ0) is 16.5. The summed E-state index contributed by atoms with van der Waals surface area (Å²) in [6.07, 6.45) is -0.0171. The lowest BCUT2D eigenvalue weighted by atomic mass is 10.1. The molecule has 22 heavy (non-hydrogen) atoms.